The lowest BCUT2D eigenvalue weighted by atomic mass is 9.83. The van der Waals surface area contributed by atoms with Crippen molar-refractivity contribution in [2.45, 2.75) is 69.6 Å². The summed E-state index contributed by atoms with van der Waals surface area (Å²) in [6.45, 7) is 0.721. The predicted octanol–water partition coefficient (Wildman–Crippen LogP) is 3.31. The van der Waals surface area contributed by atoms with Gasteiger partial charge in [-0.2, -0.15) is 13.2 Å². The topological polar surface area (TPSA) is 20.3 Å². The highest BCUT2D eigenvalue weighted by Crippen LogP contribution is 2.32. The van der Waals surface area contributed by atoms with Gasteiger partial charge in [-0.05, 0) is 32.2 Å². The fourth-order valence-electron chi connectivity index (χ4n) is 3.25. The van der Waals surface area contributed by atoms with Gasteiger partial charge in [-0.3, -0.25) is 9.69 Å². The Bertz CT molecular complexity index is 287. The second-order valence-corrected chi connectivity index (χ2v) is 5.50. The summed E-state index contributed by atoms with van der Waals surface area (Å²) >= 11 is 0. The van der Waals surface area contributed by atoms with E-state index < -0.39 is 12.6 Å². The second kappa shape index (κ2) is 5.59. The molecule has 2 fully saturated rings. The molecule has 0 N–H and O–H groups in total. The van der Waals surface area contributed by atoms with E-state index in [4.69, 9.17) is 0 Å². The van der Waals surface area contributed by atoms with E-state index in [1.807, 2.05) is 0 Å². The van der Waals surface area contributed by atoms with Gasteiger partial charge < -0.3 is 0 Å². The Morgan fingerprint density at radius 1 is 1.11 bits per heavy atom. The molecule has 2 aliphatic rings. The number of unbranched alkanes of at least 4 members (excludes halogenated alkanes) is 1. The molecule has 2 rings (SSSR count). The van der Waals surface area contributed by atoms with Crippen molar-refractivity contribution in [1.29, 1.82) is 0 Å². The first-order valence-electron chi connectivity index (χ1n) is 6.80. The summed E-state index contributed by atoms with van der Waals surface area (Å²) in [5.74, 6) is 0.330. The third-order valence-electron chi connectivity index (χ3n) is 4.07. The lowest BCUT2D eigenvalue weighted by Gasteiger charge is -2.45. The van der Waals surface area contributed by atoms with Gasteiger partial charge in [-0.25, -0.2) is 0 Å². The summed E-state index contributed by atoms with van der Waals surface area (Å²) in [6, 6.07) is 0.603. The summed E-state index contributed by atoms with van der Waals surface area (Å²) < 4.78 is 36.1. The lowest BCUT2D eigenvalue weighted by Crippen LogP contribution is -2.52. The van der Waals surface area contributed by atoms with Crippen LogP contribution in [0.2, 0.25) is 0 Å². The molecule has 2 nitrogen and oxygen atoms in total. The zero-order valence-electron chi connectivity index (χ0n) is 10.5. The van der Waals surface area contributed by atoms with Crippen LogP contribution in [0.4, 0.5) is 13.2 Å². The molecule has 2 bridgehead atoms. The predicted molar refractivity (Wildman–Crippen MR) is 62.3 cm³/mol. The molecular formula is C13H20F3NO. The minimum Gasteiger partial charge on any atom is -0.300 e. The van der Waals surface area contributed by atoms with Gasteiger partial charge >= 0.3 is 6.18 Å². The molecule has 0 aromatic heterocycles. The van der Waals surface area contributed by atoms with Crippen molar-refractivity contribution in [2.75, 3.05) is 6.54 Å². The minimum atomic E-state index is -4.03. The summed E-state index contributed by atoms with van der Waals surface area (Å²) in [6.07, 6.45) is 0.493. The Morgan fingerprint density at radius 2 is 1.72 bits per heavy atom. The number of ketones is 1. The average molecular weight is 263 g/mol. The van der Waals surface area contributed by atoms with Crippen LogP contribution in [0.1, 0.15) is 51.4 Å². The average Bonchev–Trinajstić information content (AvgIpc) is 2.23. The molecule has 0 aromatic carbocycles. The van der Waals surface area contributed by atoms with E-state index in [2.05, 4.69) is 4.90 Å². The number of hydrogen-bond donors (Lipinski definition) is 0. The Hall–Kier alpha value is -0.580. The third kappa shape index (κ3) is 3.70. The van der Waals surface area contributed by atoms with Crippen molar-refractivity contribution < 1.29 is 18.0 Å². The zero-order valence-corrected chi connectivity index (χ0v) is 10.5. The van der Waals surface area contributed by atoms with E-state index in [1.54, 1.807) is 0 Å². The maximum Gasteiger partial charge on any atom is 0.389 e. The Kier molecular flexibility index (Phi) is 4.30. The standard InChI is InChI=1S/C13H20F3NO/c14-13(15,16)6-1-2-7-17-10-4-3-5-11(17)9-12(18)8-10/h10-11H,1-9H2. The third-order valence-corrected chi connectivity index (χ3v) is 4.07. The number of carbonyl (C=O) groups is 1. The highest BCUT2D eigenvalue weighted by molar-refractivity contribution is 5.80. The monoisotopic (exact) mass is 263 g/mol. The molecular weight excluding hydrogens is 243 g/mol. The highest BCUT2D eigenvalue weighted by atomic mass is 19.4. The van der Waals surface area contributed by atoms with Gasteiger partial charge in [0.1, 0.15) is 5.78 Å². The number of alkyl halides is 3. The van der Waals surface area contributed by atoms with Gasteiger partial charge in [0.05, 0.1) is 0 Å². The minimum absolute atomic E-state index is 0.202. The van der Waals surface area contributed by atoms with Gasteiger partial charge in [0.25, 0.3) is 0 Å². The molecule has 0 saturated carbocycles. The van der Waals surface area contributed by atoms with Crippen LogP contribution in [0.5, 0.6) is 0 Å². The SMILES string of the molecule is O=C1CC2CCCC(C1)N2CCCCC(F)(F)F. The molecule has 0 aliphatic carbocycles. The molecule has 2 aliphatic heterocycles. The molecule has 2 unspecified atom stereocenters. The van der Waals surface area contributed by atoms with E-state index in [0.717, 1.165) is 25.8 Å². The molecule has 0 spiro atoms. The molecule has 2 atom stereocenters. The number of nitrogens with zero attached hydrogens (tertiary/aromatic N) is 1. The summed E-state index contributed by atoms with van der Waals surface area (Å²) in [7, 11) is 0. The summed E-state index contributed by atoms with van der Waals surface area (Å²) in [5, 5.41) is 0. The number of hydrogen-bond acceptors (Lipinski definition) is 2. The molecule has 2 heterocycles. The first kappa shape index (κ1) is 13.8. The van der Waals surface area contributed by atoms with Gasteiger partial charge in [-0.15, -0.1) is 0 Å². The lowest BCUT2D eigenvalue weighted by molar-refractivity contribution is -0.136. The molecule has 18 heavy (non-hydrogen) atoms. The van der Waals surface area contributed by atoms with E-state index in [0.29, 0.717) is 37.1 Å². The zero-order chi connectivity index (χ0) is 13.2. The number of Topliss-reactive ketones (excluding diaryl/α,β-unsaturated/α-hetero) is 1. The van der Waals surface area contributed by atoms with Crippen LogP contribution in [-0.2, 0) is 4.79 Å². The normalized spacial score (nSPS) is 29.6. The number of fused-ring (bicyclic) bond motifs is 2. The molecule has 0 aromatic rings. The molecule has 104 valence electrons. The van der Waals surface area contributed by atoms with Crippen LogP contribution in [0.15, 0.2) is 0 Å². The van der Waals surface area contributed by atoms with E-state index in [9.17, 15) is 18.0 Å². The molecule has 5 heteroatoms. The van der Waals surface area contributed by atoms with Crippen molar-refractivity contribution >= 4 is 5.78 Å². The maximum atomic E-state index is 12.0. The number of halogens is 3. The Balaban J connectivity index is 1.77. The fourth-order valence-corrected chi connectivity index (χ4v) is 3.25. The van der Waals surface area contributed by atoms with Crippen molar-refractivity contribution in [3.8, 4) is 0 Å². The number of rotatable bonds is 4. The van der Waals surface area contributed by atoms with E-state index in [-0.39, 0.29) is 6.42 Å². The molecule has 2 saturated heterocycles. The fraction of sp³-hybridized carbons (Fsp3) is 0.923. The van der Waals surface area contributed by atoms with E-state index in [1.165, 1.54) is 0 Å². The van der Waals surface area contributed by atoms with Gasteiger partial charge in [0, 0.05) is 31.3 Å². The van der Waals surface area contributed by atoms with Crippen molar-refractivity contribution in [3.05, 3.63) is 0 Å². The van der Waals surface area contributed by atoms with Crippen molar-refractivity contribution in [3.63, 3.8) is 0 Å². The van der Waals surface area contributed by atoms with Gasteiger partial charge in [0.15, 0.2) is 0 Å². The quantitative estimate of drug-likeness (QED) is 0.725. The van der Waals surface area contributed by atoms with Crippen LogP contribution < -0.4 is 0 Å². The second-order valence-electron chi connectivity index (χ2n) is 5.50. The number of carbonyl (C=O) groups excluding carboxylic acids is 1. The highest BCUT2D eigenvalue weighted by Gasteiger charge is 2.37. The molecule has 0 radical (unpaired) electrons. The summed E-state index contributed by atoms with van der Waals surface area (Å²) in [5.41, 5.74) is 0. The first-order valence-corrected chi connectivity index (χ1v) is 6.80. The largest absolute Gasteiger partial charge is 0.389 e. The van der Waals surface area contributed by atoms with Crippen molar-refractivity contribution in [2.24, 2.45) is 0 Å². The van der Waals surface area contributed by atoms with Gasteiger partial charge in [0.2, 0.25) is 0 Å². The van der Waals surface area contributed by atoms with Gasteiger partial charge in [-0.1, -0.05) is 6.42 Å². The summed E-state index contributed by atoms with van der Waals surface area (Å²) in [4.78, 5) is 13.8. The van der Waals surface area contributed by atoms with Crippen LogP contribution >= 0.6 is 0 Å². The Morgan fingerprint density at radius 3 is 2.28 bits per heavy atom. The van der Waals surface area contributed by atoms with Crippen LogP contribution in [0.25, 0.3) is 0 Å². The first-order chi connectivity index (χ1) is 8.46. The Labute approximate surface area is 106 Å². The van der Waals surface area contributed by atoms with Crippen LogP contribution in [0, 0.1) is 0 Å². The van der Waals surface area contributed by atoms with Crippen LogP contribution in [-0.4, -0.2) is 35.5 Å². The van der Waals surface area contributed by atoms with Crippen molar-refractivity contribution in [1.82, 2.24) is 4.90 Å². The molecule has 0 amide bonds. The van der Waals surface area contributed by atoms with E-state index >= 15 is 0 Å². The smallest absolute Gasteiger partial charge is 0.300 e. The number of piperidine rings is 2. The van der Waals surface area contributed by atoms with Crippen LogP contribution in [0.3, 0.4) is 0 Å². The maximum absolute atomic E-state index is 12.0.